The van der Waals surface area contributed by atoms with E-state index in [1.165, 1.54) is 5.69 Å². The molecule has 0 radical (unpaired) electrons. The highest BCUT2D eigenvalue weighted by molar-refractivity contribution is 5.97. The van der Waals surface area contributed by atoms with Gasteiger partial charge in [-0.15, -0.1) is 0 Å². The maximum atomic E-state index is 12.8. The van der Waals surface area contributed by atoms with E-state index in [1.807, 2.05) is 13.1 Å². The van der Waals surface area contributed by atoms with Gasteiger partial charge in [0, 0.05) is 60.9 Å². The molecule has 1 aromatic carbocycles. The number of morpholine rings is 1. The van der Waals surface area contributed by atoms with Crippen LogP contribution in [0.3, 0.4) is 0 Å². The third-order valence-corrected chi connectivity index (χ3v) is 6.43. The first-order valence-corrected chi connectivity index (χ1v) is 12.5. The minimum Gasteiger partial charge on any atom is -0.379 e. The fourth-order valence-corrected chi connectivity index (χ4v) is 5.27. The van der Waals surface area contributed by atoms with Crippen LogP contribution in [0.5, 0.6) is 0 Å². The van der Waals surface area contributed by atoms with E-state index >= 15 is 0 Å². The maximum absolute atomic E-state index is 12.8. The van der Waals surface area contributed by atoms with Gasteiger partial charge in [-0.3, -0.25) is 14.4 Å². The van der Waals surface area contributed by atoms with Crippen LogP contribution in [0.1, 0.15) is 52.0 Å². The molecule has 1 aliphatic rings. The molecule has 1 saturated heterocycles. The van der Waals surface area contributed by atoms with E-state index in [0.29, 0.717) is 12.2 Å². The Balaban J connectivity index is 1.57. The number of H-pyrrole nitrogens is 1. The fraction of sp³-hybridized carbons (Fsp3) is 0.556. The van der Waals surface area contributed by atoms with Crippen LogP contribution in [-0.4, -0.2) is 76.0 Å². The van der Waals surface area contributed by atoms with E-state index in [2.05, 4.69) is 91.0 Å². The van der Waals surface area contributed by atoms with Crippen molar-refractivity contribution in [1.29, 1.82) is 0 Å². The summed E-state index contributed by atoms with van der Waals surface area (Å²) in [5, 5.41) is 8.66. The van der Waals surface area contributed by atoms with Gasteiger partial charge < -0.3 is 19.9 Å². The number of hydrogen-bond donors (Lipinski definition) is 2. The van der Waals surface area contributed by atoms with Crippen molar-refractivity contribution in [2.75, 3.05) is 44.3 Å². The SMILES string of the molecule is Cn1nc(C(=O)NCCN2CCOCC2)cc1-c1cc2c(N(C(C)(C)C)C(C)(C)C)cccc2[nH]1. The first kappa shape index (κ1) is 25.3. The molecule has 0 bridgehead atoms. The number of aromatic nitrogens is 3. The third-order valence-electron chi connectivity index (χ3n) is 6.43. The zero-order chi connectivity index (χ0) is 25.4. The van der Waals surface area contributed by atoms with Gasteiger partial charge in [0.15, 0.2) is 5.69 Å². The molecule has 4 rings (SSSR count). The predicted octanol–water partition coefficient (Wildman–Crippen LogP) is 4.03. The summed E-state index contributed by atoms with van der Waals surface area (Å²) in [7, 11) is 1.88. The Morgan fingerprint density at radius 3 is 2.46 bits per heavy atom. The van der Waals surface area contributed by atoms with Crippen molar-refractivity contribution in [3.8, 4) is 11.4 Å². The predicted molar refractivity (Wildman–Crippen MR) is 142 cm³/mol. The highest BCUT2D eigenvalue weighted by atomic mass is 16.5. The summed E-state index contributed by atoms with van der Waals surface area (Å²) >= 11 is 0. The van der Waals surface area contributed by atoms with Crippen molar-refractivity contribution >= 4 is 22.5 Å². The number of carbonyl (C=O) groups is 1. The number of anilines is 1. The molecular formula is C27H40N6O2. The molecule has 35 heavy (non-hydrogen) atoms. The van der Waals surface area contributed by atoms with Crippen molar-refractivity contribution in [2.24, 2.45) is 7.05 Å². The largest absolute Gasteiger partial charge is 0.379 e. The first-order valence-electron chi connectivity index (χ1n) is 12.5. The van der Waals surface area contributed by atoms with E-state index < -0.39 is 0 Å². The van der Waals surface area contributed by atoms with Gasteiger partial charge in [-0.2, -0.15) is 5.10 Å². The van der Waals surface area contributed by atoms with Crippen molar-refractivity contribution in [3.63, 3.8) is 0 Å². The lowest BCUT2D eigenvalue weighted by Crippen LogP contribution is -2.53. The zero-order valence-corrected chi connectivity index (χ0v) is 22.2. The molecule has 2 aromatic heterocycles. The lowest BCUT2D eigenvalue weighted by molar-refractivity contribution is 0.0383. The van der Waals surface area contributed by atoms with Crippen LogP contribution in [0.4, 0.5) is 5.69 Å². The molecule has 190 valence electrons. The van der Waals surface area contributed by atoms with E-state index in [0.717, 1.165) is 55.1 Å². The quantitative estimate of drug-likeness (QED) is 0.557. The van der Waals surface area contributed by atoms with Gasteiger partial charge in [0.2, 0.25) is 0 Å². The Hall–Kier alpha value is -2.84. The van der Waals surface area contributed by atoms with Gasteiger partial charge in [-0.1, -0.05) is 6.07 Å². The lowest BCUT2D eigenvalue weighted by Gasteiger charge is -2.47. The molecule has 0 atom stereocenters. The standard InChI is InChI=1S/C27H40N6O2/c1-26(2,3)33(27(4,5)6)23-10-8-9-20-19(23)17-21(29-20)24-18-22(30-31(24)7)25(34)28-11-12-32-13-15-35-16-14-32/h8-10,17-18,29H,11-16H2,1-7H3,(H,28,34). The number of rotatable bonds is 6. The Labute approximate surface area is 208 Å². The van der Waals surface area contributed by atoms with Crippen molar-refractivity contribution < 1.29 is 9.53 Å². The number of carbonyl (C=O) groups excluding carboxylic acids is 1. The van der Waals surface area contributed by atoms with Gasteiger partial charge in [0.25, 0.3) is 5.91 Å². The smallest absolute Gasteiger partial charge is 0.271 e. The van der Waals surface area contributed by atoms with Gasteiger partial charge in [-0.05, 0) is 65.8 Å². The van der Waals surface area contributed by atoms with Crippen LogP contribution >= 0.6 is 0 Å². The zero-order valence-electron chi connectivity index (χ0n) is 22.2. The summed E-state index contributed by atoms with van der Waals surface area (Å²) in [4.78, 5) is 21.1. The number of fused-ring (bicyclic) bond motifs is 1. The molecule has 0 aliphatic carbocycles. The van der Waals surface area contributed by atoms with Gasteiger partial charge in [0.05, 0.1) is 24.6 Å². The van der Waals surface area contributed by atoms with E-state index in [9.17, 15) is 4.79 Å². The van der Waals surface area contributed by atoms with Crippen LogP contribution in [0.15, 0.2) is 30.3 Å². The highest BCUT2D eigenvalue weighted by Crippen LogP contribution is 2.38. The number of aromatic amines is 1. The van der Waals surface area contributed by atoms with Crippen molar-refractivity contribution in [1.82, 2.24) is 25.0 Å². The molecule has 0 spiro atoms. The Kier molecular flexibility index (Phi) is 6.97. The van der Waals surface area contributed by atoms with Crippen LogP contribution < -0.4 is 10.2 Å². The maximum Gasteiger partial charge on any atom is 0.271 e. The third kappa shape index (κ3) is 5.54. The second-order valence-electron chi connectivity index (χ2n) is 11.3. The Bertz CT molecular complexity index is 1160. The molecule has 0 unspecified atom stereocenters. The molecule has 1 amide bonds. The van der Waals surface area contributed by atoms with Crippen molar-refractivity contribution in [3.05, 3.63) is 36.0 Å². The molecule has 8 heteroatoms. The van der Waals surface area contributed by atoms with E-state index in [-0.39, 0.29) is 17.0 Å². The molecule has 3 aromatic rings. The van der Waals surface area contributed by atoms with Crippen LogP contribution in [0, 0.1) is 0 Å². The van der Waals surface area contributed by atoms with E-state index in [4.69, 9.17) is 4.74 Å². The lowest BCUT2D eigenvalue weighted by atomic mass is 9.94. The summed E-state index contributed by atoms with van der Waals surface area (Å²) < 4.78 is 7.15. The van der Waals surface area contributed by atoms with Crippen LogP contribution in [0.2, 0.25) is 0 Å². The minimum absolute atomic E-state index is 0.0526. The monoisotopic (exact) mass is 480 g/mol. The topological polar surface area (TPSA) is 78.4 Å². The summed E-state index contributed by atoms with van der Waals surface area (Å²) in [6.07, 6.45) is 0. The number of nitrogens with one attached hydrogen (secondary N) is 2. The minimum atomic E-state index is -0.149. The average Bonchev–Trinajstić information content (AvgIpc) is 3.36. The highest BCUT2D eigenvalue weighted by Gasteiger charge is 2.33. The van der Waals surface area contributed by atoms with Gasteiger partial charge >= 0.3 is 0 Å². The van der Waals surface area contributed by atoms with Gasteiger partial charge in [-0.25, -0.2) is 0 Å². The molecule has 3 heterocycles. The van der Waals surface area contributed by atoms with Gasteiger partial charge in [0.1, 0.15) is 0 Å². The number of amides is 1. The van der Waals surface area contributed by atoms with Crippen molar-refractivity contribution in [2.45, 2.75) is 52.6 Å². The number of nitrogens with zero attached hydrogens (tertiary/aromatic N) is 4. The molecule has 0 saturated carbocycles. The summed E-state index contributed by atoms with van der Waals surface area (Å²) in [5.74, 6) is -0.149. The summed E-state index contributed by atoms with van der Waals surface area (Å²) in [5.41, 5.74) is 4.39. The number of hydrogen-bond acceptors (Lipinski definition) is 5. The fourth-order valence-electron chi connectivity index (χ4n) is 5.27. The summed E-state index contributed by atoms with van der Waals surface area (Å²) in [6.45, 7) is 18.2. The second kappa shape index (κ2) is 9.66. The molecule has 2 N–H and O–H groups in total. The molecule has 1 aliphatic heterocycles. The molecular weight excluding hydrogens is 440 g/mol. The number of ether oxygens (including phenoxy) is 1. The van der Waals surface area contributed by atoms with Crippen LogP contribution in [-0.2, 0) is 11.8 Å². The number of benzene rings is 1. The Morgan fingerprint density at radius 1 is 1.11 bits per heavy atom. The summed E-state index contributed by atoms with van der Waals surface area (Å²) in [6, 6.07) is 10.4. The molecule has 1 fully saturated rings. The molecule has 8 nitrogen and oxygen atoms in total. The average molecular weight is 481 g/mol. The second-order valence-corrected chi connectivity index (χ2v) is 11.3. The number of aryl methyl sites for hydroxylation is 1. The van der Waals surface area contributed by atoms with Crippen LogP contribution in [0.25, 0.3) is 22.3 Å². The van der Waals surface area contributed by atoms with E-state index in [1.54, 1.807) is 4.68 Å². The normalized spacial score (nSPS) is 15.5. The Morgan fingerprint density at radius 2 is 1.80 bits per heavy atom. The first-order chi connectivity index (χ1) is 16.4.